The third kappa shape index (κ3) is 4.82. The van der Waals surface area contributed by atoms with E-state index < -0.39 is 24.1 Å². The maximum absolute atomic E-state index is 11.7. The molecule has 0 saturated carbocycles. The number of benzene rings is 1. The van der Waals surface area contributed by atoms with Gasteiger partial charge < -0.3 is 20.8 Å². The molecule has 4 N–H and O–H groups in total. The fourth-order valence-electron chi connectivity index (χ4n) is 1.79. The highest BCUT2D eigenvalue weighted by atomic mass is 16.4. The predicted octanol–water partition coefficient (Wildman–Crippen LogP) is 0.888. The van der Waals surface area contributed by atoms with Crippen LogP contribution in [-0.4, -0.2) is 44.1 Å². The van der Waals surface area contributed by atoms with Crippen molar-refractivity contribution in [2.45, 2.75) is 19.1 Å². The van der Waals surface area contributed by atoms with Crippen molar-refractivity contribution in [2.24, 2.45) is 0 Å². The van der Waals surface area contributed by atoms with E-state index in [9.17, 15) is 14.7 Å². The number of hydrogen-bond acceptors (Lipinski definition) is 4. The van der Waals surface area contributed by atoms with E-state index in [2.05, 4.69) is 15.7 Å². The van der Waals surface area contributed by atoms with Crippen molar-refractivity contribution in [3.63, 3.8) is 0 Å². The number of nitrogens with one attached hydrogen (secondary N) is 2. The lowest BCUT2D eigenvalue weighted by molar-refractivity contribution is -0.155. The van der Waals surface area contributed by atoms with Crippen LogP contribution in [0.5, 0.6) is 0 Å². The first-order valence-electron chi connectivity index (χ1n) is 6.94. The van der Waals surface area contributed by atoms with Crippen LogP contribution in [-0.2, 0) is 11.3 Å². The van der Waals surface area contributed by atoms with E-state index in [1.54, 1.807) is 10.9 Å². The fraction of sp³-hybridized carbons (Fsp3) is 0.267. The summed E-state index contributed by atoms with van der Waals surface area (Å²) in [5.41, 5.74) is -0.480. The molecule has 2 rings (SSSR count). The second-order valence-corrected chi connectivity index (χ2v) is 5.30. The topological polar surface area (TPSA) is 116 Å². The van der Waals surface area contributed by atoms with Gasteiger partial charge in [0.05, 0.1) is 25.0 Å². The molecule has 0 saturated heterocycles. The lowest BCUT2D eigenvalue weighted by Crippen LogP contribution is -2.47. The van der Waals surface area contributed by atoms with Crippen LogP contribution in [0.2, 0.25) is 0 Å². The molecule has 8 nitrogen and oxygen atoms in total. The van der Waals surface area contributed by atoms with Gasteiger partial charge >= 0.3 is 12.0 Å². The number of carboxylic acids is 1. The number of aromatic nitrogens is 2. The molecule has 1 atom stereocenters. The van der Waals surface area contributed by atoms with Crippen molar-refractivity contribution in [3.8, 4) is 0 Å². The van der Waals surface area contributed by atoms with E-state index in [0.29, 0.717) is 12.2 Å². The number of rotatable bonds is 6. The van der Waals surface area contributed by atoms with Gasteiger partial charge in [-0.2, -0.15) is 5.10 Å². The number of nitrogens with zero attached hydrogens (tertiary/aromatic N) is 2. The van der Waals surface area contributed by atoms with Crippen LogP contribution >= 0.6 is 0 Å². The Kier molecular flexibility index (Phi) is 4.97. The van der Waals surface area contributed by atoms with Crippen molar-refractivity contribution < 1.29 is 19.8 Å². The van der Waals surface area contributed by atoms with Gasteiger partial charge in [0, 0.05) is 6.20 Å². The molecule has 0 aliphatic carbocycles. The summed E-state index contributed by atoms with van der Waals surface area (Å²) in [5.74, 6) is -1.41. The number of aliphatic hydroxyl groups is 1. The Morgan fingerprint density at radius 3 is 2.65 bits per heavy atom. The van der Waals surface area contributed by atoms with Gasteiger partial charge in [0.1, 0.15) is 0 Å². The molecule has 8 heteroatoms. The van der Waals surface area contributed by atoms with Crippen molar-refractivity contribution >= 4 is 17.7 Å². The Bertz CT molecular complexity index is 682. The van der Waals surface area contributed by atoms with Crippen molar-refractivity contribution in [3.05, 3.63) is 48.3 Å². The second kappa shape index (κ2) is 6.93. The van der Waals surface area contributed by atoms with Crippen LogP contribution in [0, 0.1) is 0 Å². The van der Waals surface area contributed by atoms with Gasteiger partial charge in [0.15, 0.2) is 5.60 Å². The zero-order chi connectivity index (χ0) is 16.9. The van der Waals surface area contributed by atoms with Gasteiger partial charge in [-0.25, -0.2) is 9.59 Å². The molecule has 23 heavy (non-hydrogen) atoms. The number of urea groups is 1. The molecular formula is C15H18N4O4. The smallest absolute Gasteiger partial charge is 0.337 e. The standard InChI is InChI=1S/C15H18N4O4/c1-15(23,13(20)21)10-16-14(22)18-12-7-17-19(9-12)8-11-5-3-2-4-6-11/h2-7,9,23H,8,10H2,1H3,(H,20,21)(H2,16,18,22). The third-order valence-electron chi connectivity index (χ3n) is 3.13. The van der Waals surface area contributed by atoms with Crippen molar-refractivity contribution in [2.75, 3.05) is 11.9 Å². The minimum absolute atomic E-state index is 0.410. The Labute approximate surface area is 132 Å². The predicted molar refractivity (Wildman–Crippen MR) is 83.1 cm³/mol. The molecule has 1 aromatic carbocycles. The Hall–Kier alpha value is -2.87. The minimum Gasteiger partial charge on any atom is -0.479 e. The van der Waals surface area contributed by atoms with Crippen molar-refractivity contribution in [1.82, 2.24) is 15.1 Å². The number of amides is 2. The number of carboxylic acid groups (broad SMARTS) is 1. The molecule has 1 unspecified atom stereocenters. The first-order valence-corrected chi connectivity index (χ1v) is 6.94. The average Bonchev–Trinajstić information content (AvgIpc) is 2.93. The van der Waals surface area contributed by atoms with E-state index in [1.807, 2.05) is 30.3 Å². The van der Waals surface area contributed by atoms with E-state index in [4.69, 9.17) is 5.11 Å². The molecule has 0 radical (unpaired) electrons. The molecule has 0 bridgehead atoms. The van der Waals surface area contributed by atoms with Crippen LogP contribution < -0.4 is 10.6 Å². The summed E-state index contributed by atoms with van der Waals surface area (Å²) >= 11 is 0. The van der Waals surface area contributed by atoms with Crippen molar-refractivity contribution in [1.29, 1.82) is 0 Å². The number of carbonyl (C=O) groups excluding carboxylic acids is 1. The number of aliphatic carboxylic acids is 1. The molecule has 2 aromatic rings. The highest BCUT2D eigenvalue weighted by molar-refractivity contribution is 5.89. The van der Waals surface area contributed by atoms with E-state index in [1.165, 1.54) is 6.20 Å². The average molecular weight is 318 g/mol. The first kappa shape index (κ1) is 16.5. The van der Waals surface area contributed by atoms with Gasteiger partial charge in [-0.15, -0.1) is 0 Å². The van der Waals surface area contributed by atoms with Crippen LogP contribution in [0.3, 0.4) is 0 Å². The minimum atomic E-state index is -2.02. The maximum atomic E-state index is 11.7. The zero-order valence-corrected chi connectivity index (χ0v) is 12.6. The second-order valence-electron chi connectivity index (χ2n) is 5.30. The SMILES string of the molecule is CC(O)(CNC(=O)Nc1cnn(Cc2ccccc2)c1)C(=O)O. The first-order chi connectivity index (χ1) is 10.9. The number of anilines is 1. The van der Waals surface area contributed by atoms with Crippen LogP contribution in [0.1, 0.15) is 12.5 Å². The maximum Gasteiger partial charge on any atom is 0.337 e. The highest BCUT2D eigenvalue weighted by Gasteiger charge is 2.30. The van der Waals surface area contributed by atoms with E-state index >= 15 is 0 Å². The van der Waals surface area contributed by atoms with Gasteiger partial charge in [-0.3, -0.25) is 4.68 Å². The quantitative estimate of drug-likeness (QED) is 0.631. The van der Waals surface area contributed by atoms with Gasteiger partial charge in [0.25, 0.3) is 0 Å². The zero-order valence-electron chi connectivity index (χ0n) is 12.6. The molecular weight excluding hydrogens is 300 g/mol. The summed E-state index contributed by atoms with van der Waals surface area (Å²) < 4.78 is 1.67. The lowest BCUT2D eigenvalue weighted by Gasteiger charge is -2.18. The normalized spacial score (nSPS) is 13.1. The monoisotopic (exact) mass is 318 g/mol. The molecule has 122 valence electrons. The number of hydrogen-bond donors (Lipinski definition) is 4. The third-order valence-corrected chi connectivity index (χ3v) is 3.13. The lowest BCUT2D eigenvalue weighted by atomic mass is 10.1. The van der Waals surface area contributed by atoms with Crippen LogP contribution in [0.25, 0.3) is 0 Å². The highest BCUT2D eigenvalue weighted by Crippen LogP contribution is 2.08. The van der Waals surface area contributed by atoms with E-state index in [0.717, 1.165) is 12.5 Å². The largest absolute Gasteiger partial charge is 0.479 e. The van der Waals surface area contributed by atoms with Gasteiger partial charge in [0.2, 0.25) is 0 Å². The molecule has 1 aromatic heterocycles. The van der Waals surface area contributed by atoms with Gasteiger partial charge in [-0.05, 0) is 12.5 Å². The molecule has 1 heterocycles. The summed E-state index contributed by atoms with van der Waals surface area (Å²) in [6.45, 7) is 1.26. The van der Waals surface area contributed by atoms with Gasteiger partial charge in [-0.1, -0.05) is 30.3 Å². The summed E-state index contributed by atoms with van der Waals surface area (Å²) in [5, 5.41) is 27.2. The van der Waals surface area contributed by atoms with Crippen LogP contribution in [0.4, 0.5) is 10.5 Å². The van der Waals surface area contributed by atoms with E-state index in [-0.39, 0.29) is 0 Å². The Morgan fingerprint density at radius 2 is 2.00 bits per heavy atom. The molecule has 0 fully saturated rings. The summed E-state index contributed by atoms with van der Waals surface area (Å²) in [6.07, 6.45) is 3.14. The summed E-state index contributed by atoms with van der Waals surface area (Å²) in [7, 11) is 0. The molecule has 0 spiro atoms. The Morgan fingerprint density at radius 1 is 1.30 bits per heavy atom. The number of carbonyl (C=O) groups is 2. The molecule has 2 amide bonds. The Balaban J connectivity index is 1.86. The fourth-order valence-corrected chi connectivity index (χ4v) is 1.79. The molecule has 0 aliphatic rings. The summed E-state index contributed by atoms with van der Waals surface area (Å²) in [4.78, 5) is 22.4. The summed E-state index contributed by atoms with van der Waals surface area (Å²) in [6, 6.07) is 9.10. The molecule has 0 aliphatic heterocycles. The van der Waals surface area contributed by atoms with Crippen LogP contribution in [0.15, 0.2) is 42.7 Å².